The zero-order chi connectivity index (χ0) is 23.1. The zero-order valence-electron chi connectivity index (χ0n) is 19.3. The van der Waals surface area contributed by atoms with Crippen LogP contribution in [0.15, 0.2) is 41.3 Å². The van der Waals surface area contributed by atoms with Crippen LogP contribution < -0.4 is 14.4 Å². The fourth-order valence-electron chi connectivity index (χ4n) is 4.35. The molecule has 4 rings (SSSR count). The van der Waals surface area contributed by atoms with E-state index in [9.17, 15) is 13.2 Å². The van der Waals surface area contributed by atoms with Crippen LogP contribution in [0.25, 0.3) is 0 Å². The first-order valence-corrected chi connectivity index (χ1v) is 12.8. The molecular weight excluding hydrogens is 424 g/mol. The summed E-state index contributed by atoms with van der Waals surface area (Å²) in [5.41, 5.74) is 2.69. The maximum absolute atomic E-state index is 13.2. The summed E-state index contributed by atoms with van der Waals surface area (Å²) < 4.78 is 34.9. The zero-order valence-corrected chi connectivity index (χ0v) is 20.1. The van der Waals surface area contributed by atoms with Gasteiger partial charge in [0, 0.05) is 6.54 Å². The van der Waals surface area contributed by atoms with Crippen molar-refractivity contribution in [2.24, 2.45) is 11.3 Å². The normalized spacial score (nSPS) is 17.9. The molecule has 2 aliphatic rings. The lowest BCUT2D eigenvalue weighted by Gasteiger charge is -2.29. The van der Waals surface area contributed by atoms with Crippen LogP contribution in [0.3, 0.4) is 0 Å². The van der Waals surface area contributed by atoms with Gasteiger partial charge in [-0.2, -0.15) is 0 Å². The minimum atomic E-state index is -3.75. The number of nitrogens with zero attached hydrogens (tertiary/aromatic N) is 1. The van der Waals surface area contributed by atoms with Gasteiger partial charge in [-0.25, -0.2) is 8.42 Å². The van der Waals surface area contributed by atoms with Gasteiger partial charge in [-0.05, 0) is 86.9 Å². The maximum atomic E-state index is 13.2. The summed E-state index contributed by atoms with van der Waals surface area (Å²) in [6, 6.07) is 10.5. The van der Waals surface area contributed by atoms with Crippen molar-refractivity contribution >= 4 is 27.3 Å². The minimum absolute atomic E-state index is 0.0281. The molecule has 0 fully saturated rings. The molecule has 0 bridgehead atoms. The third kappa shape index (κ3) is 4.49. The molecule has 0 aromatic heterocycles. The fraction of sp³-hybridized carbons (Fsp3) is 0.480. The van der Waals surface area contributed by atoms with Gasteiger partial charge < -0.3 is 9.64 Å². The molecular formula is C25H32N2O4S. The summed E-state index contributed by atoms with van der Waals surface area (Å²) in [4.78, 5) is 15.2. The number of ether oxygens (including phenoxy) is 1. The molecule has 6 nitrogen and oxygen atoms in total. The van der Waals surface area contributed by atoms with Crippen molar-refractivity contribution in [3.63, 3.8) is 0 Å². The lowest BCUT2D eigenvalue weighted by Crippen LogP contribution is -2.43. The van der Waals surface area contributed by atoms with E-state index in [1.54, 1.807) is 35.2 Å². The van der Waals surface area contributed by atoms with Crippen LogP contribution in [0.5, 0.6) is 5.75 Å². The summed E-state index contributed by atoms with van der Waals surface area (Å²) in [6.07, 6.45) is 4.16. The van der Waals surface area contributed by atoms with Gasteiger partial charge >= 0.3 is 0 Å². The standard InChI is InChI=1S/C25H32N2O4S/c1-17(2)15-27-22-14-20(10-12-23(22)31-16-25(3,4)24(27)28)26-32(29,30)21-11-9-18-7-5-6-8-19(18)13-21/h9-14,17,26H,5-8,15-16H2,1-4H3. The van der Waals surface area contributed by atoms with Crippen molar-refractivity contribution in [1.29, 1.82) is 0 Å². The minimum Gasteiger partial charge on any atom is -0.490 e. The summed E-state index contributed by atoms with van der Waals surface area (Å²) in [6.45, 7) is 8.64. The van der Waals surface area contributed by atoms with Gasteiger partial charge in [0.05, 0.1) is 21.7 Å². The molecule has 32 heavy (non-hydrogen) atoms. The first-order chi connectivity index (χ1) is 15.1. The highest BCUT2D eigenvalue weighted by Gasteiger charge is 2.38. The second kappa shape index (κ2) is 8.43. The summed E-state index contributed by atoms with van der Waals surface area (Å²) in [7, 11) is -3.75. The first-order valence-electron chi connectivity index (χ1n) is 11.3. The number of sulfonamides is 1. The number of benzene rings is 2. The first kappa shape index (κ1) is 22.6. The Kier molecular flexibility index (Phi) is 5.96. The van der Waals surface area contributed by atoms with Gasteiger partial charge in [-0.15, -0.1) is 0 Å². The van der Waals surface area contributed by atoms with Crippen molar-refractivity contribution in [3.05, 3.63) is 47.5 Å². The Labute approximate surface area is 191 Å². The van der Waals surface area contributed by atoms with Crippen LogP contribution in [0, 0.1) is 11.3 Å². The third-order valence-corrected chi connectivity index (χ3v) is 7.47. The van der Waals surface area contributed by atoms with Crippen molar-refractivity contribution in [2.75, 3.05) is 22.8 Å². The Morgan fingerprint density at radius 2 is 1.78 bits per heavy atom. The topological polar surface area (TPSA) is 75.7 Å². The number of anilines is 2. The Morgan fingerprint density at radius 3 is 2.50 bits per heavy atom. The Morgan fingerprint density at radius 1 is 1.06 bits per heavy atom. The number of hydrogen-bond donors (Lipinski definition) is 1. The highest BCUT2D eigenvalue weighted by molar-refractivity contribution is 7.92. The van der Waals surface area contributed by atoms with E-state index in [0.717, 1.165) is 31.2 Å². The quantitative estimate of drug-likeness (QED) is 0.703. The number of amides is 1. The SMILES string of the molecule is CC(C)CN1C(=O)C(C)(C)COc2ccc(NS(=O)(=O)c3ccc4c(c3)CCCC4)cc21. The van der Waals surface area contributed by atoms with Crippen LogP contribution in [0.1, 0.15) is 51.7 Å². The van der Waals surface area contributed by atoms with Crippen LogP contribution in [-0.2, 0) is 27.7 Å². The van der Waals surface area contributed by atoms with Crippen LogP contribution in [0.4, 0.5) is 11.4 Å². The Bertz CT molecular complexity index is 1140. The largest absolute Gasteiger partial charge is 0.490 e. The van der Waals surface area contributed by atoms with Crippen LogP contribution in [0.2, 0.25) is 0 Å². The highest BCUT2D eigenvalue weighted by Crippen LogP contribution is 2.39. The average molecular weight is 457 g/mol. The lowest BCUT2D eigenvalue weighted by atomic mass is 9.92. The molecule has 1 aliphatic heterocycles. The number of rotatable bonds is 5. The van der Waals surface area contributed by atoms with Crippen LogP contribution in [-0.4, -0.2) is 27.5 Å². The summed E-state index contributed by atoms with van der Waals surface area (Å²) in [5.74, 6) is 0.803. The number of nitrogens with one attached hydrogen (secondary N) is 1. The maximum Gasteiger partial charge on any atom is 0.261 e. The summed E-state index contributed by atoms with van der Waals surface area (Å²) >= 11 is 0. The number of aryl methyl sites for hydroxylation is 2. The molecule has 0 saturated heterocycles. The van der Waals surface area contributed by atoms with Crippen molar-refractivity contribution in [3.8, 4) is 5.75 Å². The van der Waals surface area contributed by atoms with E-state index in [1.165, 1.54) is 5.56 Å². The number of hydrogen-bond acceptors (Lipinski definition) is 4. The second-order valence-electron chi connectivity index (χ2n) is 9.91. The molecule has 1 aliphatic carbocycles. The molecule has 2 aromatic carbocycles. The molecule has 0 saturated carbocycles. The fourth-order valence-corrected chi connectivity index (χ4v) is 5.45. The molecule has 7 heteroatoms. The van der Waals surface area contributed by atoms with E-state index in [4.69, 9.17) is 4.74 Å². The number of carbonyl (C=O) groups excluding carboxylic acids is 1. The van der Waals surface area contributed by atoms with Gasteiger partial charge in [0.25, 0.3) is 10.0 Å². The third-order valence-electron chi connectivity index (χ3n) is 6.09. The molecule has 1 heterocycles. The average Bonchev–Trinajstić information content (AvgIpc) is 2.83. The molecule has 172 valence electrons. The smallest absolute Gasteiger partial charge is 0.261 e. The molecule has 0 radical (unpaired) electrons. The molecule has 0 atom stereocenters. The van der Waals surface area contributed by atoms with E-state index in [-0.39, 0.29) is 23.3 Å². The molecule has 1 N–H and O–H groups in total. The lowest BCUT2D eigenvalue weighted by molar-refractivity contribution is -0.127. The molecule has 0 spiro atoms. The van der Waals surface area contributed by atoms with Gasteiger partial charge in [0.15, 0.2) is 0 Å². The van der Waals surface area contributed by atoms with Gasteiger partial charge in [-0.3, -0.25) is 9.52 Å². The second-order valence-corrected chi connectivity index (χ2v) is 11.6. The number of fused-ring (bicyclic) bond motifs is 2. The Balaban J connectivity index is 1.67. The van der Waals surface area contributed by atoms with E-state index < -0.39 is 15.4 Å². The van der Waals surface area contributed by atoms with Gasteiger partial charge in [0.2, 0.25) is 5.91 Å². The van der Waals surface area contributed by atoms with E-state index in [2.05, 4.69) is 4.72 Å². The molecule has 1 amide bonds. The number of carbonyl (C=O) groups is 1. The monoisotopic (exact) mass is 456 g/mol. The predicted molar refractivity (Wildman–Crippen MR) is 127 cm³/mol. The van der Waals surface area contributed by atoms with E-state index >= 15 is 0 Å². The van der Waals surface area contributed by atoms with Crippen molar-refractivity contribution in [1.82, 2.24) is 0 Å². The molecule has 2 aromatic rings. The van der Waals surface area contributed by atoms with Crippen LogP contribution >= 0.6 is 0 Å². The predicted octanol–water partition coefficient (Wildman–Crippen LogP) is 4.77. The van der Waals surface area contributed by atoms with E-state index in [0.29, 0.717) is 23.7 Å². The van der Waals surface area contributed by atoms with Crippen molar-refractivity contribution < 1.29 is 17.9 Å². The molecule has 0 unspecified atom stereocenters. The summed E-state index contributed by atoms with van der Waals surface area (Å²) in [5, 5.41) is 0. The van der Waals surface area contributed by atoms with Crippen molar-refractivity contribution in [2.45, 2.75) is 58.3 Å². The van der Waals surface area contributed by atoms with E-state index in [1.807, 2.05) is 33.8 Å². The van der Waals surface area contributed by atoms with Gasteiger partial charge in [-0.1, -0.05) is 19.9 Å². The highest BCUT2D eigenvalue weighted by atomic mass is 32.2. The Hall–Kier alpha value is -2.54. The van der Waals surface area contributed by atoms with Gasteiger partial charge in [0.1, 0.15) is 12.4 Å².